The third-order valence-corrected chi connectivity index (χ3v) is 3.86. The Balaban J connectivity index is 1.43. The molecule has 2 aromatic rings. The summed E-state index contributed by atoms with van der Waals surface area (Å²) < 4.78 is 0. The van der Waals surface area contributed by atoms with Gasteiger partial charge in [0.05, 0.1) is 13.2 Å². The number of benzene rings is 2. The van der Waals surface area contributed by atoms with Crippen LogP contribution >= 0.6 is 0 Å². The van der Waals surface area contributed by atoms with Gasteiger partial charge in [0.2, 0.25) is 5.91 Å². The predicted octanol–water partition coefficient (Wildman–Crippen LogP) is 3.86. The van der Waals surface area contributed by atoms with Gasteiger partial charge in [0.25, 0.3) is 0 Å². The Bertz CT molecular complexity index is 737. The number of urea groups is 1. The van der Waals surface area contributed by atoms with Crippen LogP contribution in [0.25, 0.3) is 0 Å². The molecule has 0 unspecified atom stereocenters. The monoisotopic (exact) mass is 385 g/mol. The summed E-state index contributed by atoms with van der Waals surface area (Å²) in [7, 11) is 0. The average Bonchev–Trinajstić information content (AvgIpc) is 2.68. The maximum absolute atomic E-state index is 11.7. The average molecular weight is 385 g/mol. The van der Waals surface area contributed by atoms with Crippen molar-refractivity contribution in [1.29, 1.82) is 0 Å². The molecular formula is C21H27N3O4. The summed E-state index contributed by atoms with van der Waals surface area (Å²) in [6.45, 7) is 2.68. The van der Waals surface area contributed by atoms with Crippen molar-refractivity contribution in [3.05, 3.63) is 65.7 Å². The highest BCUT2D eigenvalue weighted by molar-refractivity contribution is 5.88. The molecule has 0 atom stereocenters. The van der Waals surface area contributed by atoms with Gasteiger partial charge in [-0.1, -0.05) is 48.9 Å². The molecule has 0 fully saturated rings. The zero-order valence-electron chi connectivity index (χ0n) is 16.1. The second-order valence-electron chi connectivity index (χ2n) is 6.38. The van der Waals surface area contributed by atoms with E-state index in [1.807, 2.05) is 55.5 Å². The zero-order valence-corrected chi connectivity index (χ0v) is 16.1. The number of carbonyl (C=O) groups is 2. The Morgan fingerprint density at radius 3 is 2.50 bits per heavy atom. The molecule has 2 aromatic carbocycles. The molecule has 7 heteroatoms. The lowest BCUT2D eigenvalue weighted by Gasteiger charge is -2.08. The van der Waals surface area contributed by atoms with E-state index in [1.165, 1.54) is 0 Å². The summed E-state index contributed by atoms with van der Waals surface area (Å²) in [5, 5.41) is 2.69. The summed E-state index contributed by atoms with van der Waals surface area (Å²) in [5.74, 6) is -0.146. The number of unbranched alkanes of at least 4 members (excludes halogenated alkanes) is 2. The first kappa shape index (κ1) is 21.4. The van der Waals surface area contributed by atoms with Crippen molar-refractivity contribution in [2.45, 2.75) is 39.2 Å². The molecule has 3 amide bonds. The molecule has 0 radical (unpaired) electrons. The van der Waals surface area contributed by atoms with Gasteiger partial charge in [0.15, 0.2) is 0 Å². The fraction of sp³-hybridized carbons (Fsp3) is 0.333. The van der Waals surface area contributed by atoms with Crippen LogP contribution < -0.4 is 16.3 Å². The number of hydroxylamine groups is 2. The number of rotatable bonds is 11. The minimum Gasteiger partial charge on any atom is -0.306 e. The van der Waals surface area contributed by atoms with Crippen molar-refractivity contribution in [2.75, 3.05) is 11.9 Å². The van der Waals surface area contributed by atoms with E-state index in [1.54, 1.807) is 6.07 Å². The second-order valence-corrected chi connectivity index (χ2v) is 6.38. The molecule has 0 aliphatic rings. The van der Waals surface area contributed by atoms with Gasteiger partial charge in [0, 0.05) is 12.1 Å². The maximum atomic E-state index is 11.7. The maximum Gasteiger partial charge on any atom is 0.343 e. The van der Waals surface area contributed by atoms with Crippen molar-refractivity contribution in [3.8, 4) is 0 Å². The van der Waals surface area contributed by atoms with Gasteiger partial charge >= 0.3 is 6.03 Å². The smallest absolute Gasteiger partial charge is 0.306 e. The zero-order chi connectivity index (χ0) is 20.0. The van der Waals surface area contributed by atoms with E-state index in [2.05, 4.69) is 16.3 Å². The van der Waals surface area contributed by atoms with Crippen LogP contribution in [0.1, 0.15) is 36.8 Å². The molecule has 0 heterocycles. The molecule has 0 aliphatic carbocycles. The van der Waals surface area contributed by atoms with Crippen molar-refractivity contribution in [3.63, 3.8) is 0 Å². The summed E-state index contributed by atoms with van der Waals surface area (Å²) in [6.07, 6.45) is 2.66. The molecule has 150 valence electrons. The molecular weight excluding hydrogens is 358 g/mol. The number of hydrogen-bond donors (Lipinski definition) is 3. The SMILES string of the molecule is Cc1cccc(NC(=O)NOCCCCCC(=O)NOCc2ccccc2)c1. The highest BCUT2D eigenvalue weighted by Crippen LogP contribution is 2.09. The van der Waals surface area contributed by atoms with Gasteiger partial charge in [-0.2, -0.15) is 0 Å². The summed E-state index contributed by atoms with van der Waals surface area (Å²) in [6, 6.07) is 16.7. The number of anilines is 1. The fourth-order valence-corrected chi connectivity index (χ4v) is 2.46. The predicted molar refractivity (Wildman–Crippen MR) is 107 cm³/mol. The van der Waals surface area contributed by atoms with Crippen LogP contribution in [0.5, 0.6) is 0 Å². The van der Waals surface area contributed by atoms with Gasteiger partial charge in [-0.3, -0.25) is 14.5 Å². The Kier molecular flexibility index (Phi) is 9.54. The van der Waals surface area contributed by atoms with Crippen LogP contribution in [0.15, 0.2) is 54.6 Å². The number of aryl methyl sites for hydroxylation is 1. The Morgan fingerprint density at radius 2 is 1.71 bits per heavy atom. The lowest BCUT2D eigenvalue weighted by atomic mass is 10.2. The van der Waals surface area contributed by atoms with Crippen LogP contribution in [0.2, 0.25) is 0 Å². The largest absolute Gasteiger partial charge is 0.343 e. The van der Waals surface area contributed by atoms with Crippen molar-refractivity contribution in [1.82, 2.24) is 11.0 Å². The molecule has 2 rings (SSSR count). The third-order valence-electron chi connectivity index (χ3n) is 3.86. The van der Waals surface area contributed by atoms with E-state index >= 15 is 0 Å². The van der Waals surface area contributed by atoms with Crippen LogP contribution in [-0.2, 0) is 21.1 Å². The number of carbonyl (C=O) groups excluding carboxylic acids is 2. The van der Waals surface area contributed by atoms with Crippen LogP contribution in [-0.4, -0.2) is 18.5 Å². The molecule has 0 spiro atoms. The van der Waals surface area contributed by atoms with Gasteiger partial charge in [-0.05, 0) is 43.0 Å². The second kappa shape index (κ2) is 12.5. The molecule has 0 aliphatic heterocycles. The molecule has 0 bridgehead atoms. The lowest BCUT2D eigenvalue weighted by molar-refractivity contribution is -0.134. The van der Waals surface area contributed by atoms with Gasteiger partial charge in [-0.15, -0.1) is 0 Å². The molecule has 28 heavy (non-hydrogen) atoms. The number of amides is 3. The van der Waals surface area contributed by atoms with Gasteiger partial charge in [-0.25, -0.2) is 15.8 Å². The minimum atomic E-state index is -0.416. The van der Waals surface area contributed by atoms with Crippen molar-refractivity contribution in [2.24, 2.45) is 0 Å². The minimum absolute atomic E-state index is 0.146. The first-order valence-electron chi connectivity index (χ1n) is 9.33. The summed E-state index contributed by atoms with van der Waals surface area (Å²) in [4.78, 5) is 33.7. The molecule has 3 N–H and O–H groups in total. The van der Waals surface area contributed by atoms with Gasteiger partial charge in [0.1, 0.15) is 0 Å². The van der Waals surface area contributed by atoms with E-state index in [0.29, 0.717) is 25.3 Å². The van der Waals surface area contributed by atoms with Crippen LogP contribution in [0, 0.1) is 6.92 Å². The topological polar surface area (TPSA) is 88.7 Å². The Hall–Kier alpha value is -2.90. The third kappa shape index (κ3) is 9.16. The van der Waals surface area contributed by atoms with E-state index in [-0.39, 0.29) is 5.91 Å². The number of nitrogens with one attached hydrogen (secondary N) is 3. The Morgan fingerprint density at radius 1 is 0.893 bits per heavy atom. The molecule has 0 saturated heterocycles. The summed E-state index contributed by atoms with van der Waals surface area (Å²) in [5.41, 5.74) is 7.56. The van der Waals surface area contributed by atoms with Crippen LogP contribution in [0.4, 0.5) is 10.5 Å². The summed E-state index contributed by atoms with van der Waals surface area (Å²) >= 11 is 0. The highest BCUT2D eigenvalue weighted by Gasteiger charge is 2.03. The lowest BCUT2D eigenvalue weighted by Crippen LogP contribution is -2.29. The van der Waals surface area contributed by atoms with Crippen molar-refractivity contribution >= 4 is 17.6 Å². The van der Waals surface area contributed by atoms with Crippen molar-refractivity contribution < 1.29 is 19.3 Å². The van der Waals surface area contributed by atoms with E-state index in [9.17, 15) is 9.59 Å². The molecule has 0 saturated carbocycles. The first-order valence-corrected chi connectivity index (χ1v) is 9.33. The quantitative estimate of drug-likeness (QED) is 0.405. The highest BCUT2D eigenvalue weighted by atomic mass is 16.7. The Labute approximate surface area is 165 Å². The molecule has 0 aromatic heterocycles. The van der Waals surface area contributed by atoms with E-state index in [0.717, 1.165) is 30.4 Å². The van der Waals surface area contributed by atoms with E-state index in [4.69, 9.17) is 9.68 Å². The normalized spacial score (nSPS) is 10.3. The first-order chi connectivity index (χ1) is 13.6. The standard InChI is InChI=1S/C21H27N3O4/c1-17-9-8-12-19(15-17)22-21(26)24-27-14-7-3-6-13-20(25)23-28-16-18-10-4-2-5-11-18/h2,4-5,8-12,15H,3,6-7,13-14,16H2,1H3,(H,23,25)(H2,22,24,26). The number of hydrogen-bond acceptors (Lipinski definition) is 4. The van der Waals surface area contributed by atoms with Crippen LogP contribution in [0.3, 0.4) is 0 Å². The van der Waals surface area contributed by atoms with Gasteiger partial charge < -0.3 is 5.32 Å². The molecule has 7 nitrogen and oxygen atoms in total. The fourth-order valence-electron chi connectivity index (χ4n) is 2.46. The van der Waals surface area contributed by atoms with E-state index < -0.39 is 6.03 Å².